The van der Waals surface area contributed by atoms with Crippen LogP contribution in [0.2, 0.25) is 10.0 Å². The summed E-state index contributed by atoms with van der Waals surface area (Å²) in [6, 6.07) is 15.9. The zero-order valence-electron chi connectivity index (χ0n) is 14.6. The van der Waals surface area contributed by atoms with Crippen molar-refractivity contribution >= 4 is 41.1 Å². The van der Waals surface area contributed by atoms with Crippen molar-refractivity contribution in [2.24, 2.45) is 0 Å². The van der Waals surface area contributed by atoms with Crippen LogP contribution in [0.25, 0.3) is 0 Å². The van der Waals surface area contributed by atoms with E-state index in [1.54, 1.807) is 24.3 Å². The Labute approximate surface area is 175 Å². The topological polar surface area (TPSA) is 89.9 Å². The van der Waals surface area contributed by atoms with Gasteiger partial charge in [-0.1, -0.05) is 47.5 Å². The van der Waals surface area contributed by atoms with Crippen LogP contribution in [0.3, 0.4) is 0 Å². The highest BCUT2D eigenvalue weighted by atomic mass is 35.5. The normalized spacial score (nSPS) is 10.3. The molecular weight excluding hydrogens is 419 g/mol. The van der Waals surface area contributed by atoms with Gasteiger partial charge in [0, 0.05) is 6.07 Å². The number of carboxylic acid groups (broad SMARTS) is 1. The molecule has 3 aromatic rings. The van der Waals surface area contributed by atoms with Gasteiger partial charge in [-0.15, -0.1) is 0 Å². The summed E-state index contributed by atoms with van der Waals surface area (Å²) in [7, 11) is 0. The van der Waals surface area contributed by atoms with Crippen molar-refractivity contribution in [2.45, 2.75) is 0 Å². The highest BCUT2D eigenvalue weighted by Crippen LogP contribution is 2.27. The minimum Gasteiger partial charge on any atom is -0.478 e. The minimum absolute atomic E-state index is 0.101. The number of hydrogen-bond donors (Lipinski definition) is 1. The van der Waals surface area contributed by atoms with Crippen LogP contribution < -0.4 is 9.47 Å². The van der Waals surface area contributed by atoms with Gasteiger partial charge >= 0.3 is 17.9 Å². The minimum atomic E-state index is -1.30. The number of halogens is 2. The first-order valence-corrected chi connectivity index (χ1v) is 8.92. The van der Waals surface area contributed by atoms with E-state index >= 15 is 0 Å². The van der Waals surface area contributed by atoms with E-state index in [0.717, 1.165) is 12.1 Å². The van der Waals surface area contributed by atoms with Gasteiger partial charge < -0.3 is 14.6 Å². The Hall–Kier alpha value is -3.35. The van der Waals surface area contributed by atoms with E-state index in [9.17, 15) is 19.5 Å². The van der Waals surface area contributed by atoms with Crippen LogP contribution in [0.1, 0.15) is 31.1 Å². The predicted molar refractivity (Wildman–Crippen MR) is 106 cm³/mol. The van der Waals surface area contributed by atoms with Crippen molar-refractivity contribution in [1.29, 1.82) is 0 Å². The lowest BCUT2D eigenvalue weighted by molar-refractivity contribution is 0.0680. The van der Waals surface area contributed by atoms with Gasteiger partial charge in [0.05, 0.1) is 26.7 Å². The quantitative estimate of drug-likeness (QED) is 0.445. The highest BCUT2D eigenvalue weighted by molar-refractivity contribution is 6.34. The molecule has 0 aliphatic heterocycles. The standard InChI is InChI=1S/C21H12Cl2O6/c22-17-7-3-1-5-15(17)20(26)28-13-9-12(19(24)25)10-14(11-13)29-21(27)16-6-2-4-8-18(16)23/h1-11H,(H,24,25). The number of ether oxygens (including phenoxy) is 2. The third-order valence-electron chi connectivity index (χ3n) is 3.74. The van der Waals surface area contributed by atoms with Gasteiger partial charge in [0.1, 0.15) is 11.5 Å². The zero-order valence-corrected chi connectivity index (χ0v) is 16.1. The first kappa shape index (κ1) is 20.4. The Morgan fingerprint density at radius 3 is 1.48 bits per heavy atom. The van der Waals surface area contributed by atoms with Crippen LogP contribution in [0.15, 0.2) is 66.7 Å². The van der Waals surface area contributed by atoms with Crippen LogP contribution >= 0.6 is 23.2 Å². The van der Waals surface area contributed by atoms with E-state index in [-0.39, 0.29) is 38.2 Å². The molecule has 0 spiro atoms. The van der Waals surface area contributed by atoms with Crippen LogP contribution in [-0.2, 0) is 0 Å². The third-order valence-corrected chi connectivity index (χ3v) is 4.39. The maximum atomic E-state index is 12.3. The number of carbonyl (C=O) groups excluding carboxylic acids is 2. The van der Waals surface area contributed by atoms with E-state index in [1.807, 2.05) is 0 Å². The summed E-state index contributed by atoms with van der Waals surface area (Å²) in [4.78, 5) is 36.1. The molecule has 29 heavy (non-hydrogen) atoms. The van der Waals surface area contributed by atoms with Crippen molar-refractivity contribution in [3.8, 4) is 11.5 Å². The Balaban J connectivity index is 1.89. The summed E-state index contributed by atoms with van der Waals surface area (Å²) in [5.41, 5.74) is -0.0366. The largest absolute Gasteiger partial charge is 0.478 e. The SMILES string of the molecule is O=C(O)c1cc(OC(=O)c2ccccc2Cl)cc(OC(=O)c2ccccc2Cl)c1. The fourth-order valence-electron chi connectivity index (χ4n) is 2.39. The lowest BCUT2D eigenvalue weighted by Gasteiger charge is -2.10. The van der Waals surface area contributed by atoms with Gasteiger partial charge in [-0.05, 0) is 36.4 Å². The number of hydrogen-bond acceptors (Lipinski definition) is 5. The fraction of sp³-hybridized carbons (Fsp3) is 0. The molecule has 3 rings (SSSR count). The molecule has 0 bridgehead atoms. The summed E-state index contributed by atoms with van der Waals surface area (Å²) >= 11 is 11.9. The smallest absolute Gasteiger partial charge is 0.345 e. The number of rotatable bonds is 5. The molecule has 0 aromatic heterocycles. The van der Waals surface area contributed by atoms with E-state index in [2.05, 4.69) is 0 Å². The second kappa shape index (κ2) is 8.77. The van der Waals surface area contributed by atoms with Crippen molar-refractivity contribution in [2.75, 3.05) is 0 Å². The van der Waals surface area contributed by atoms with Gasteiger partial charge in [-0.2, -0.15) is 0 Å². The van der Waals surface area contributed by atoms with Gasteiger partial charge in [0.25, 0.3) is 0 Å². The molecule has 0 fully saturated rings. The van der Waals surface area contributed by atoms with Gasteiger partial charge in [0.15, 0.2) is 0 Å². The average Bonchev–Trinajstić information content (AvgIpc) is 2.68. The van der Waals surface area contributed by atoms with Crippen molar-refractivity contribution in [1.82, 2.24) is 0 Å². The zero-order chi connectivity index (χ0) is 21.0. The molecule has 3 aromatic carbocycles. The molecule has 0 saturated carbocycles. The van der Waals surface area contributed by atoms with Gasteiger partial charge in [-0.3, -0.25) is 0 Å². The Bertz CT molecular complexity index is 1030. The van der Waals surface area contributed by atoms with Crippen molar-refractivity contribution in [3.05, 3.63) is 93.5 Å². The average molecular weight is 431 g/mol. The molecule has 0 unspecified atom stereocenters. The molecular formula is C21H12Cl2O6. The van der Waals surface area contributed by atoms with Crippen LogP contribution in [0, 0.1) is 0 Å². The number of aromatic carboxylic acids is 1. The number of carboxylic acids is 1. The molecule has 0 amide bonds. The number of esters is 2. The third kappa shape index (κ3) is 4.93. The molecule has 0 radical (unpaired) electrons. The highest BCUT2D eigenvalue weighted by Gasteiger charge is 2.18. The van der Waals surface area contributed by atoms with E-state index in [1.165, 1.54) is 30.3 Å². The van der Waals surface area contributed by atoms with Crippen LogP contribution in [-0.4, -0.2) is 23.0 Å². The monoisotopic (exact) mass is 430 g/mol. The lowest BCUT2D eigenvalue weighted by atomic mass is 10.2. The molecule has 146 valence electrons. The van der Waals surface area contributed by atoms with Gasteiger partial charge in [-0.25, -0.2) is 14.4 Å². The molecule has 8 heteroatoms. The first-order chi connectivity index (χ1) is 13.8. The number of carbonyl (C=O) groups is 3. The van der Waals surface area contributed by atoms with Crippen molar-refractivity contribution < 1.29 is 29.0 Å². The molecule has 0 saturated heterocycles. The Morgan fingerprint density at radius 1 is 0.690 bits per heavy atom. The van der Waals surface area contributed by atoms with E-state index in [0.29, 0.717) is 0 Å². The molecule has 0 atom stereocenters. The summed E-state index contributed by atoms with van der Waals surface area (Å²) in [6.07, 6.45) is 0. The van der Waals surface area contributed by atoms with Crippen LogP contribution in [0.4, 0.5) is 0 Å². The molecule has 0 aliphatic carbocycles. The lowest BCUT2D eigenvalue weighted by Crippen LogP contribution is -2.12. The Kier molecular flexibility index (Phi) is 6.16. The first-order valence-electron chi connectivity index (χ1n) is 8.17. The van der Waals surface area contributed by atoms with Crippen LogP contribution in [0.5, 0.6) is 11.5 Å². The van der Waals surface area contributed by atoms with E-state index < -0.39 is 17.9 Å². The maximum absolute atomic E-state index is 12.3. The molecule has 1 N–H and O–H groups in total. The summed E-state index contributed by atoms with van der Waals surface area (Å²) in [5, 5.41) is 9.66. The molecule has 0 heterocycles. The Morgan fingerprint density at radius 2 is 1.10 bits per heavy atom. The summed E-state index contributed by atoms with van der Waals surface area (Å²) in [5.74, 6) is -3.13. The molecule has 6 nitrogen and oxygen atoms in total. The molecule has 0 aliphatic rings. The second-order valence-corrected chi connectivity index (χ2v) is 6.55. The summed E-state index contributed by atoms with van der Waals surface area (Å²) in [6.45, 7) is 0. The predicted octanol–water partition coefficient (Wildman–Crippen LogP) is 5.13. The summed E-state index contributed by atoms with van der Waals surface area (Å²) < 4.78 is 10.4. The second-order valence-electron chi connectivity index (χ2n) is 5.74. The fourth-order valence-corrected chi connectivity index (χ4v) is 2.82. The number of benzene rings is 3. The maximum Gasteiger partial charge on any atom is 0.345 e. The van der Waals surface area contributed by atoms with E-state index in [4.69, 9.17) is 32.7 Å². The van der Waals surface area contributed by atoms with Gasteiger partial charge in [0.2, 0.25) is 0 Å². The van der Waals surface area contributed by atoms with Crippen molar-refractivity contribution in [3.63, 3.8) is 0 Å².